The number of hydrogen-bond acceptors (Lipinski definition) is 5. The molecule has 5 heteroatoms. The van der Waals surface area contributed by atoms with Crippen LogP contribution in [0.2, 0.25) is 0 Å². The van der Waals surface area contributed by atoms with Gasteiger partial charge in [0.25, 0.3) is 5.88 Å². The number of nitrogens with zero attached hydrogens (tertiary/aromatic N) is 1. The molecule has 60 valence electrons. The van der Waals surface area contributed by atoms with Gasteiger partial charge in [0.2, 0.25) is 5.88 Å². The normalized spacial score (nSPS) is 9.55. The highest BCUT2D eigenvalue weighted by Crippen LogP contribution is 2.12. The molecular formula is C6H8N2O3. The number of carbonyl (C=O) groups excluding carboxylic acids is 1. The van der Waals surface area contributed by atoms with E-state index in [4.69, 9.17) is 5.73 Å². The molecule has 0 aromatic carbocycles. The van der Waals surface area contributed by atoms with Crippen molar-refractivity contribution in [2.24, 2.45) is 0 Å². The largest absolute Gasteiger partial charge is 0.404 e. The number of rotatable bonds is 2. The zero-order valence-electron chi connectivity index (χ0n) is 6.03. The maximum Gasteiger partial charge on any atom is 0.312 e. The van der Waals surface area contributed by atoms with Gasteiger partial charge in [-0.2, -0.15) is 0 Å². The molecule has 0 fully saturated rings. The van der Waals surface area contributed by atoms with E-state index in [9.17, 15) is 4.79 Å². The lowest BCUT2D eigenvalue weighted by molar-refractivity contribution is -0.134. The summed E-state index contributed by atoms with van der Waals surface area (Å²) in [4.78, 5) is 10.6. The maximum atomic E-state index is 10.6. The molecule has 5 nitrogen and oxygen atoms in total. The van der Waals surface area contributed by atoms with E-state index in [1.807, 2.05) is 0 Å². The molecule has 1 heterocycles. The number of aromatic nitrogens is 1. The summed E-state index contributed by atoms with van der Waals surface area (Å²) in [6.45, 7) is 1.69. The fourth-order valence-electron chi connectivity index (χ4n) is 0.509. The molecule has 11 heavy (non-hydrogen) atoms. The second kappa shape index (κ2) is 3.05. The van der Waals surface area contributed by atoms with Gasteiger partial charge >= 0.3 is 5.97 Å². The first-order valence-electron chi connectivity index (χ1n) is 3.15. The van der Waals surface area contributed by atoms with E-state index in [0.29, 0.717) is 6.42 Å². The third-order valence-electron chi connectivity index (χ3n) is 1.01. The minimum atomic E-state index is -0.363. The third kappa shape index (κ3) is 1.96. The molecule has 0 bridgehead atoms. The number of carbonyl (C=O) groups is 1. The van der Waals surface area contributed by atoms with Crippen LogP contribution in [-0.4, -0.2) is 11.1 Å². The van der Waals surface area contributed by atoms with Crippen molar-refractivity contribution in [3.63, 3.8) is 0 Å². The topological polar surface area (TPSA) is 78.4 Å². The summed E-state index contributed by atoms with van der Waals surface area (Å²) in [5.41, 5.74) is 5.18. The van der Waals surface area contributed by atoms with Gasteiger partial charge in [-0.05, 0) is 5.16 Å². The van der Waals surface area contributed by atoms with Crippen LogP contribution in [0, 0.1) is 0 Å². The van der Waals surface area contributed by atoms with Crippen molar-refractivity contribution >= 4 is 11.9 Å². The van der Waals surface area contributed by atoms with E-state index in [-0.39, 0.29) is 17.7 Å². The molecule has 0 saturated carbocycles. The maximum absolute atomic E-state index is 10.6. The predicted molar refractivity (Wildman–Crippen MR) is 36.8 cm³/mol. The Morgan fingerprint density at radius 1 is 1.91 bits per heavy atom. The number of nitrogens with two attached hydrogens (primary N) is 1. The molecular weight excluding hydrogens is 148 g/mol. The van der Waals surface area contributed by atoms with Gasteiger partial charge < -0.3 is 15.0 Å². The molecule has 0 aliphatic heterocycles. The lowest BCUT2D eigenvalue weighted by Crippen LogP contribution is -2.05. The number of esters is 1. The van der Waals surface area contributed by atoms with E-state index in [1.165, 1.54) is 6.07 Å². The molecule has 0 saturated heterocycles. The van der Waals surface area contributed by atoms with Crippen LogP contribution in [-0.2, 0) is 4.79 Å². The summed E-state index contributed by atoms with van der Waals surface area (Å²) < 4.78 is 9.12. The Balaban J connectivity index is 2.57. The van der Waals surface area contributed by atoms with Crippen molar-refractivity contribution in [3.05, 3.63) is 6.07 Å². The van der Waals surface area contributed by atoms with Gasteiger partial charge in [-0.3, -0.25) is 4.79 Å². The Kier molecular flexibility index (Phi) is 2.10. The first-order chi connectivity index (χ1) is 5.22. The summed E-state index contributed by atoms with van der Waals surface area (Å²) >= 11 is 0. The van der Waals surface area contributed by atoms with Crippen LogP contribution >= 0.6 is 0 Å². The smallest absolute Gasteiger partial charge is 0.312 e. The Hall–Kier alpha value is -1.52. The second-order valence-electron chi connectivity index (χ2n) is 1.90. The first kappa shape index (κ1) is 7.59. The second-order valence-corrected chi connectivity index (χ2v) is 1.90. The summed E-state index contributed by atoms with van der Waals surface area (Å²) in [6.07, 6.45) is 0.298. The van der Waals surface area contributed by atoms with Gasteiger partial charge in [-0.1, -0.05) is 6.92 Å². The standard InChI is InChI=1S/C6H8N2O3/c1-2-6(9)10-5-3-4(7)11-8-5/h3H,2,7H2,1H3. The molecule has 0 spiro atoms. The van der Waals surface area contributed by atoms with E-state index in [1.54, 1.807) is 6.92 Å². The van der Waals surface area contributed by atoms with E-state index < -0.39 is 0 Å². The molecule has 1 rings (SSSR count). The summed E-state index contributed by atoms with van der Waals surface area (Å²) in [6, 6.07) is 1.34. The van der Waals surface area contributed by atoms with Crippen LogP contribution in [0.3, 0.4) is 0 Å². The van der Waals surface area contributed by atoms with Crippen LogP contribution in [0.25, 0.3) is 0 Å². The Labute approximate surface area is 63.1 Å². The molecule has 2 N–H and O–H groups in total. The van der Waals surface area contributed by atoms with Crippen molar-refractivity contribution in [1.29, 1.82) is 0 Å². The number of ether oxygens (including phenoxy) is 1. The fourth-order valence-corrected chi connectivity index (χ4v) is 0.509. The number of nitrogen functional groups attached to an aromatic ring is 1. The Morgan fingerprint density at radius 2 is 2.64 bits per heavy atom. The van der Waals surface area contributed by atoms with Gasteiger partial charge in [-0.15, -0.1) is 0 Å². The van der Waals surface area contributed by atoms with Crippen molar-refractivity contribution in [2.75, 3.05) is 5.73 Å². The van der Waals surface area contributed by atoms with Crippen LogP contribution in [0.5, 0.6) is 5.88 Å². The zero-order valence-corrected chi connectivity index (χ0v) is 6.03. The van der Waals surface area contributed by atoms with Crippen LogP contribution in [0.4, 0.5) is 5.88 Å². The van der Waals surface area contributed by atoms with Gasteiger partial charge in [0.1, 0.15) is 0 Å². The molecule has 0 amide bonds. The molecule has 0 radical (unpaired) electrons. The quantitative estimate of drug-likeness (QED) is 0.633. The summed E-state index contributed by atoms with van der Waals surface area (Å²) in [5.74, 6) is -0.128. The number of hydrogen-bond donors (Lipinski definition) is 1. The minimum Gasteiger partial charge on any atom is -0.404 e. The Bertz CT molecular complexity index is 256. The average Bonchev–Trinajstić information content (AvgIpc) is 2.35. The fraction of sp³-hybridized carbons (Fsp3) is 0.333. The highest BCUT2D eigenvalue weighted by Gasteiger charge is 2.05. The lowest BCUT2D eigenvalue weighted by Gasteiger charge is -1.93. The molecule has 0 unspecified atom stereocenters. The van der Waals surface area contributed by atoms with E-state index in [0.717, 1.165) is 0 Å². The molecule has 0 aliphatic rings. The van der Waals surface area contributed by atoms with Crippen molar-refractivity contribution in [2.45, 2.75) is 13.3 Å². The summed E-state index contributed by atoms with van der Waals surface area (Å²) in [7, 11) is 0. The molecule has 0 atom stereocenters. The van der Waals surface area contributed by atoms with Crippen molar-refractivity contribution in [1.82, 2.24) is 5.16 Å². The van der Waals surface area contributed by atoms with Crippen LogP contribution < -0.4 is 10.5 Å². The van der Waals surface area contributed by atoms with E-state index in [2.05, 4.69) is 14.4 Å². The summed E-state index contributed by atoms with van der Waals surface area (Å²) in [5, 5.41) is 3.36. The first-order valence-corrected chi connectivity index (χ1v) is 3.15. The van der Waals surface area contributed by atoms with Crippen LogP contribution in [0.1, 0.15) is 13.3 Å². The lowest BCUT2D eigenvalue weighted by atomic mass is 10.5. The average molecular weight is 156 g/mol. The van der Waals surface area contributed by atoms with Crippen molar-refractivity contribution < 1.29 is 14.1 Å². The molecule has 0 aliphatic carbocycles. The van der Waals surface area contributed by atoms with Crippen molar-refractivity contribution in [3.8, 4) is 5.88 Å². The van der Waals surface area contributed by atoms with E-state index >= 15 is 0 Å². The molecule has 1 aromatic heterocycles. The van der Waals surface area contributed by atoms with Gasteiger partial charge in [0.05, 0.1) is 6.07 Å². The minimum absolute atomic E-state index is 0.106. The van der Waals surface area contributed by atoms with Gasteiger partial charge in [0.15, 0.2) is 0 Å². The monoisotopic (exact) mass is 156 g/mol. The van der Waals surface area contributed by atoms with Gasteiger partial charge in [0, 0.05) is 6.42 Å². The highest BCUT2D eigenvalue weighted by atomic mass is 16.6. The highest BCUT2D eigenvalue weighted by molar-refractivity contribution is 5.71. The molecule has 1 aromatic rings. The SMILES string of the molecule is CCC(=O)Oc1cc(N)on1. The third-order valence-corrected chi connectivity index (χ3v) is 1.01. The Morgan fingerprint density at radius 3 is 3.09 bits per heavy atom. The van der Waals surface area contributed by atoms with Crippen LogP contribution in [0.15, 0.2) is 10.6 Å². The predicted octanol–water partition coefficient (Wildman–Crippen LogP) is 0.572. The number of anilines is 1. The zero-order chi connectivity index (χ0) is 8.27. The van der Waals surface area contributed by atoms with Gasteiger partial charge in [-0.25, -0.2) is 0 Å².